The molecule has 2 unspecified atom stereocenters. The molecule has 4 heteroatoms. The Hall–Kier alpha value is -2.85. The second kappa shape index (κ2) is 13.1. The van der Waals surface area contributed by atoms with E-state index in [1.54, 1.807) is 48.5 Å². The van der Waals surface area contributed by atoms with Crippen molar-refractivity contribution >= 4 is 0 Å². The van der Waals surface area contributed by atoms with Gasteiger partial charge in [-0.2, -0.15) is 0 Å². The Labute approximate surface area is 219 Å². The fourth-order valence-corrected chi connectivity index (χ4v) is 5.17. The van der Waals surface area contributed by atoms with Gasteiger partial charge >= 0.3 is 0 Å². The molecule has 4 rings (SSSR count). The first-order chi connectivity index (χ1) is 18.0. The largest absolute Gasteiger partial charge is 0.374 e. The van der Waals surface area contributed by atoms with Crippen LogP contribution in [0.5, 0.6) is 0 Å². The molecule has 1 fully saturated rings. The molecule has 0 radical (unpaired) electrons. The second-order valence-electron chi connectivity index (χ2n) is 10.1. The summed E-state index contributed by atoms with van der Waals surface area (Å²) in [6.07, 6.45) is 12.0. The summed E-state index contributed by atoms with van der Waals surface area (Å²) in [5, 5.41) is 0. The summed E-state index contributed by atoms with van der Waals surface area (Å²) in [4.78, 5) is 0. The zero-order chi connectivity index (χ0) is 26.2. The van der Waals surface area contributed by atoms with E-state index in [-0.39, 0.29) is 23.4 Å². The highest BCUT2D eigenvalue weighted by atomic mass is 19.2. The van der Waals surface area contributed by atoms with Crippen LogP contribution in [0.25, 0.3) is 22.3 Å². The lowest BCUT2D eigenvalue weighted by atomic mass is 9.89. The van der Waals surface area contributed by atoms with Crippen LogP contribution < -0.4 is 0 Å². The van der Waals surface area contributed by atoms with Gasteiger partial charge in [0.25, 0.3) is 0 Å². The molecular weight excluding hydrogens is 469 g/mol. The maximum atomic E-state index is 15.1. The van der Waals surface area contributed by atoms with Crippen LogP contribution in [0.15, 0.2) is 66.7 Å². The third-order valence-electron chi connectivity index (χ3n) is 7.40. The highest BCUT2D eigenvalue weighted by Crippen LogP contribution is 2.33. The first kappa shape index (κ1) is 27.2. The van der Waals surface area contributed by atoms with Crippen LogP contribution in [0.4, 0.5) is 13.2 Å². The number of halogens is 3. The summed E-state index contributed by atoms with van der Waals surface area (Å²) in [6, 6.07) is 15.7. The summed E-state index contributed by atoms with van der Waals surface area (Å²) >= 11 is 0. The molecule has 1 nitrogen and oxygen atoms in total. The van der Waals surface area contributed by atoms with Gasteiger partial charge in [-0.25, -0.2) is 13.2 Å². The average molecular weight is 507 g/mol. The molecule has 0 spiro atoms. The molecule has 1 saturated heterocycles. The Balaban J connectivity index is 1.44. The Kier molecular flexibility index (Phi) is 9.62. The summed E-state index contributed by atoms with van der Waals surface area (Å²) in [7, 11) is 0. The third kappa shape index (κ3) is 6.73. The van der Waals surface area contributed by atoms with Crippen LogP contribution in [0.2, 0.25) is 0 Å². The van der Waals surface area contributed by atoms with Crippen molar-refractivity contribution in [3.63, 3.8) is 0 Å². The van der Waals surface area contributed by atoms with Gasteiger partial charge in [0.15, 0.2) is 11.6 Å². The van der Waals surface area contributed by atoms with Crippen LogP contribution in [-0.2, 0) is 11.2 Å². The van der Waals surface area contributed by atoms with Gasteiger partial charge in [-0.15, -0.1) is 0 Å². The molecule has 3 aromatic rings. The Morgan fingerprint density at radius 1 is 0.811 bits per heavy atom. The third-order valence-corrected chi connectivity index (χ3v) is 7.40. The normalized spacial score (nSPS) is 18.0. The number of hydrogen-bond donors (Lipinski definition) is 0. The highest BCUT2D eigenvalue weighted by Gasteiger charge is 2.22. The van der Waals surface area contributed by atoms with E-state index in [9.17, 15) is 8.78 Å². The second-order valence-corrected chi connectivity index (χ2v) is 10.1. The molecule has 0 bridgehead atoms. The van der Waals surface area contributed by atoms with Crippen molar-refractivity contribution in [3.8, 4) is 22.3 Å². The SMILES string of the molecule is C/C=C/C1CCC(c2ccc(-c3ccc(-c4ccc(CCCCCCC)c(F)c4F)cc3)c(F)c2)CO1. The van der Waals surface area contributed by atoms with Crippen LogP contribution >= 0.6 is 0 Å². The minimum absolute atomic E-state index is 0.147. The van der Waals surface area contributed by atoms with Crippen molar-refractivity contribution in [2.45, 2.75) is 77.2 Å². The standard InChI is InChI=1S/C33H37F3O/c1-3-5-6-7-8-10-25-16-20-30(33(36)32(25)35)24-13-11-23(12-14-24)29-19-17-26(21-31(29)34)27-15-18-28(9-4-2)37-22-27/h4,9,11-14,16-17,19-21,27-28H,3,5-8,10,15,18,22H2,1-2H3/b9-4+. The predicted octanol–water partition coefficient (Wildman–Crippen LogP) is 9.79. The first-order valence-electron chi connectivity index (χ1n) is 13.6. The van der Waals surface area contributed by atoms with Crippen LogP contribution in [-0.4, -0.2) is 12.7 Å². The topological polar surface area (TPSA) is 9.23 Å². The number of aryl methyl sites for hydroxylation is 1. The molecule has 0 saturated carbocycles. The number of benzene rings is 3. The summed E-state index contributed by atoms with van der Waals surface area (Å²) < 4.78 is 50.6. The zero-order valence-corrected chi connectivity index (χ0v) is 21.9. The van der Waals surface area contributed by atoms with E-state index in [0.29, 0.717) is 35.3 Å². The summed E-state index contributed by atoms with van der Waals surface area (Å²) in [5.74, 6) is -1.69. The molecule has 0 amide bonds. The number of allylic oxidation sites excluding steroid dienone is 1. The molecular formula is C33H37F3O. The van der Waals surface area contributed by atoms with Crippen molar-refractivity contribution in [2.24, 2.45) is 0 Å². The number of rotatable bonds is 10. The molecule has 0 aromatic heterocycles. The van der Waals surface area contributed by atoms with E-state index in [1.807, 2.05) is 19.1 Å². The van der Waals surface area contributed by atoms with Crippen LogP contribution in [0, 0.1) is 17.5 Å². The molecule has 1 aliphatic rings. The lowest BCUT2D eigenvalue weighted by molar-refractivity contribution is 0.0326. The monoisotopic (exact) mass is 506 g/mol. The van der Waals surface area contributed by atoms with Gasteiger partial charge in [-0.1, -0.05) is 93.3 Å². The molecule has 37 heavy (non-hydrogen) atoms. The van der Waals surface area contributed by atoms with Gasteiger partial charge in [0.2, 0.25) is 0 Å². The number of hydrogen-bond acceptors (Lipinski definition) is 1. The molecule has 196 valence electrons. The zero-order valence-electron chi connectivity index (χ0n) is 21.9. The van der Waals surface area contributed by atoms with E-state index < -0.39 is 11.6 Å². The van der Waals surface area contributed by atoms with Crippen molar-refractivity contribution < 1.29 is 17.9 Å². The van der Waals surface area contributed by atoms with Gasteiger partial charge in [-0.3, -0.25) is 0 Å². The van der Waals surface area contributed by atoms with E-state index in [1.165, 1.54) is 6.42 Å². The maximum absolute atomic E-state index is 15.1. The first-order valence-corrected chi connectivity index (χ1v) is 13.6. The van der Waals surface area contributed by atoms with E-state index in [4.69, 9.17) is 4.74 Å². The molecule has 3 aromatic carbocycles. The summed E-state index contributed by atoms with van der Waals surface area (Å²) in [5.41, 5.74) is 3.36. The minimum atomic E-state index is -0.819. The predicted molar refractivity (Wildman–Crippen MR) is 146 cm³/mol. The quantitative estimate of drug-likeness (QED) is 0.196. The molecule has 0 aliphatic carbocycles. The van der Waals surface area contributed by atoms with Gasteiger partial charge in [0, 0.05) is 17.0 Å². The Morgan fingerprint density at radius 3 is 2.16 bits per heavy atom. The Morgan fingerprint density at radius 2 is 1.51 bits per heavy atom. The smallest absolute Gasteiger partial charge is 0.166 e. The number of ether oxygens (including phenoxy) is 1. The molecule has 2 atom stereocenters. The lowest BCUT2D eigenvalue weighted by Gasteiger charge is -2.28. The fraction of sp³-hybridized carbons (Fsp3) is 0.394. The maximum Gasteiger partial charge on any atom is 0.166 e. The van der Waals surface area contributed by atoms with Crippen molar-refractivity contribution in [3.05, 3.63) is 95.3 Å². The molecule has 1 aliphatic heterocycles. The van der Waals surface area contributed by atoms with E-state index in [2.05, 4.69) is 13.0 Å². The van der Waals surface area contributed by atoms with E-state index in [0.717, 1.165) is 44.1 Å². The van der Waals surface area contributed by atoms with Gasteiger partial charge < -0.3 is 4.74 Å². The average Bonchev–Trinajstić information content (AvgIpc) is 2.92. The van der Waals surface area contributed by atoms with Gasteiger partial charge in [-0.05, 0) is 60.9 Å². The van der Waals surface area contributed by atoms with Crippen LogP contribution in [0.1, 0.15) is 75.8 Å². The van der Waals surface area contributed by atoms with Gasteiger partial charge in [0.05, 0.1) is 12.7 Å². The Bertz CT molecular complexity index is 1190. The van der Waals surface area contributed by atoms with Gasteiger partial charge in [0.1, 0.15) is 5.82 Å². The van der Waals surface area contributed by atoms with E-state index >= 15 is 4.39 Å². The van der Waals surface area contributed by atoms with Crippen LogP contribution in [0.3, 0.4) is 0 Å². The lowest BCUT2D eigenvalue weighted by Crippen LogP contribution is -2.23. The number of unbranched alkanes of at least 4 members (excludes halogenated alkanes) is 4. The van der Waals surface area contributed by atoms with Crippen molar-refractivity contribution in [2.75, 3.05) is 6.61 Å². The summed E-state index contributed by atoms with van der Waals surface area (Å²) in [6.45, 7) is 4.72. The van der Waals surface area contributed by atoms with Crippen molar-refractivity contribution in [1.82, 2.24) is 0 Å². The fourth-order valence-electron chi connectivity index (χ4n) is 5.17. The molecule has 0 N–H and O–H groups in total. The van der Waals surface area contributed by atoms with Crippen molar-refractivity contribution in [1.29, 1.82) is 0 Å². The molecule has 1 heterocycles. The highest BCUT2D eigenvalue weighted by molar-refractivity contribution is 5.71. The minimum Gasteiger partial charge on any atom is -0.374 e.